The number of amides is 1. The number of carbonyl (C=O) groups is 1. The monoisotopic (exact) mass is 693 g/mol. The molecule has 1 aromatic carbocycles. The molecule has 4 fully saturated rings. The van der Waals surface area contributed by atoms with E-state index in [0.717, 1.165) is 49.0 Å². The third-order valence-corrected chi connectivity index (χ3v) is 16.5. The predicted molar refractivity (Wildman–Crippen MR) is 202 cm³/mol. The standard InChI is InChI=1S/C44H68ClNO3/c1-28(2)32-19-23-44(36(47)27-46(38(48)49-39(4,5)6)26-30-12-14-31(45)15-13-30)25-24-42(10)33(37(32)44)16-17-35-41(9)21-18-29(3)40(7,8)34(41)20-22-43(35,42)11/h12-15,28-29,33-36,47H,16-27H2,1-11H3/t29-,33+,34-,35+,36?,41-,42+,43+,44+/m0/s1. The van der Waals surface area contributed by atoms with Crippen LogP contribution < -0.4 is 0 Å². The van der Waals surface area contributed by atoms with Crippen molar-refractivity contribution < 1.29 is 14.6 Å². The van der Waals surface area contributed by atoms with Crippen LogP contribution in [0.25, 0.3) is 0 Å². The molecule has 4 saturated carbocycles. The molecular formula is C44H68ClNO3. The predicted octanol–water partition coefficient (Wildman–Crippen LogP) is 11.9. The Morgan fingerprint density at radius 2 is 1.59 bits per heavy atom. The minimum Gasteiger partial charge on any atom is -0.444 e. The highest BCUT2D eigenvalue weighted by Gasteiger charge is 2.69. The lowest BCUT2D eigenvalue weighted by atomic mass is 9.32. The number of benzene rings is 1. The van der Waals surface area contributed by atoms with E-state index in [1.165, 1.54) is 38.5 Å². The quantitative estimate of drug-likeness (QED) is 0.302. The molecule has 274 valence electrons. The van der Waals surface area contributed by atoms with Crippen LogP contribution in [0, 0.1) is 56.7 Å². The van der Waals surface area contributed by atoms with Crippen molar-refractivity contribution in [2.45, 2.75) is 159 Å². The molecule has 0 radical (unpaired) electrons. The van der Waals surface area contributed by atoms with Crippen LogP contribution in [0.2, 0.25) is 5.02 Å². The lowest BCUT2D eigenvalue weighted by Crippen LogP contribution is -2.65. The Balaban J connectivity index is 1.34. The van der Waals surface area contributed by atoms with Crippen LogP contribution >= 0.6 is 11.6 Å². The summed E-state index contributed by atoms with van der Waals surface area (Å²) in [5.41, 5.74) is 4.54. The second-order valence-electron chi connectivity index (χ2n) is 20.1. The molecule has 1 amide bonds. The van der Waals surface area contributed by atoms with Gasteiger partial charge in [-0.3, -0.25) is 0 Å². The molecule has 49 heavy (non-hydrogen) atoms. The van der Waals surface area contributed by atoms with Crippen molar-refractivity contribution in [1.29, 1.82) is 0 Å². The van der Waals surface area contributed by atoms with Gasteiger partial charge in [0.05, 0.1) is 12.6 Å². The number of halogens is 1. The SMILES string of the molecule is CC(C)C1=C2[C@H]3CC[C@@H]4[C@@]5(C)CC[C@H](C)C(C)(C)[C@@H]5CC[C@@]4(C)[C@]3(C)CC[C@@]2(C(O)CN(Cc2ccc(Cl)cc2)C(=O)OC(C)(C)C)CC1. The molecule has 5 aliphatic carbocycles. The minimum absolute atomic E-state index is 0.203. The molecule has 0 bridgehead atoms. The van der Waals surface area contributed by atoms with Crippen molar-refractivity contribution in [2.24, 2.45) is 56.7 Å². The highest BCUT2D eigenvalue weighted by molar-refractivity contribution is 6.30. The van der Waals surface area contributed by atoms with E-state index in [9.17, 15) is 9.90 Å². The normalized spacial score (nSPS) is 39.1. The van der Waals surface area contributed by atoms with Gasteiger partial charge in [0.25, 0.3) is 0 Å². The molecule has 6 rings (SSSR count). The van der Waals surface area contributed by atoms with Gasteiger partial charge < -0.3 is 14.7 Å². The van der Waals surface area contributed by atoms with Gasteiger partial charge in [0.15, 0.2) is 0 Å². The van der Waals surface area contributed by atoms with Gasteiger partial charge in [-0.1, -0.05) is 90.3 Å². The average molecular weight is 694 g/mol. The number of aliphatic hydroxyl groups is 1. The largest absolute Gasteiger partial charge is 0.444 e. The summed E-state index contributed by atoms with van der Waals surface area (Å²) in [7, 11) is 0. The minimum atomic E-state index is -0.650. The van der Waals surface area contributed by atoms with Gasteiger partial charge in [0.2, 0.25) is 0 Å². The van der Waals surface area contributed by atoms with Crippen LogP contribution in [0.5, 0.6) is 0 Å². The number of allylic oxidation sites excluding steroid dienone is 1. The van der Waals surface area contributed by atoms with Gasteiger partial charge in [-0.05, 0) is 154 Å². The molecule has 5 heteroatoms. The number of fused-ring (bicyclic) bond motifs is 7. The Bertz CT molecular complexity index is 1440. The molecule has 0 aromatic heterocycles. The number of carbonyl (C=O) groups excluding carboxylic acids is 1. The molecular weight excluding hydrogens is 626 g/mol. The lowest BCUT2D eigenvalue weighted by Gasteiger charge is -2.72. The average Bonchev–Trinajstić information content (AvgIpc) is 3.41. The first-order valence-corrected chi connectivity index (χ1v) is 20.2. The van der Waals surface area contributed by atoms with E-state index in [4.69, 9.17) is 16.3 Å². The van der Waals surface area contributed by atoms with Crippen LogP contribution in [0.4, 0.5) is 4.79 Å². The van der Waals surface area contributed by atoms with E-state index in [2.05, 4.69) is 55.4 Å². The van der Waals surface area contributed by atoms with Crippen molar-refractivity contribution in [3.63, 3.8) is 0 Å². The van der Waals surface area contributed by atoms with E-state index in [0.29, 0.717) is 34.2 Å². The van der Waals surface area contributed by atoms with Crippen LogP contribution in [0.15, 0.2) is 35.4 Å². The van der Waals surface area contributed by atoms with Gasteiger partial charge in [-0.25, -0.2) is 4.79 Å². The first-order chi connectivity index (χ1) is 22.7. The maximum absolute atomic E-state index is 13.8. The third-order valence-electron chi connectivity index (χ3n) is 16.2. The summed E-state index contributed by atoms with van der Waals surface area (Å²) in [6, 6.07) is 7.68. The molecule has 0 saturated heterocycles. The number of rotatable bonds is 6. The van der Waals surface area contributed by atoms with Gasteiger partial charge in [0.1, 0.15) is 5.60 Å². The highest BCUT2D eigenvalue weighted by Crippen LogP contribution is 2.77. The zero-order valence-electron chi connectivity index (χ0n) is 32.8. The van der Waals surface area contributed by atoms with Crippen molar-refractivity contribution in [3.8, 4) is 0 Å². The number of hydrogen-bond donors (Lipinski definition) is 1. The van der Waals surface area contributed by atoms with Gasteiger partial charge in [-0.2, -0.15) is 0 Å². The number of hydrogen-bond acceptors (Lipinski definition) is 3. The van der Waals surface area contributed by atoms with E-state index >= 15 is 0 Å². The fraction of sp³-hybridized carbons (Fsp3) is 0.795. The molecule has 0 heterocycles. The fourth-order valence-electron chi connectivity index (χ4n) is 13.1. The van der Waals surface area contributed by atoms with Crippen LogP contribution in [0.3, 0.4) is 0 Å². The summed E-state index contributed by atoms with van der Waals surface area (Å²) in [5.74, 6) is 3.27. The van der Waals surface area contributed by atoms with Crippen LogP contribution in [-0.4, -0.2) is 34.3 Å². The Labute approximate surface area is 304 Å². The lowest BCUT2D eigenvalue weighted by molar-refractivity contribution is -0.222. The molecule has 0 aliphatic heterocycles. The Morgan fingerprint density at radius 1 is 0.918 bits per heavy atom. The van der Waals surface area contributed by atoms with Crippen molar-refractivity contribution in [3.05, 3.63) is 46.0 Å². The maximum Gasteiger partial charge on any atom is 0.410 e. The summed E-state index contributed by atoms with van der Waals surface area (Å²) in [4.78, 5) is 15.5. The molecule has 5 aliphatic rings. The van der Waals surface area contributed by atoms with Crippen molar-refractivity contribution in [1.82, 2.24) is 4.90 Å². The Kier molecular flexibility index (Phi) is 9.55. The zero-order valence-corrected chi connectivity index (χ0v) is 33.6. The first kappa shape index (κ1) is 37.2. The van der Waals surface area contributed by atoms with Gasteiger partial charge in [0, 0.05) is 17.0 Å². The topological polar surface area (TPSA) is 49.8 Å². The Hall–Kier alpha value is -1.52. The fourth-order valence-corrected chi connectivity index (χ4v) is 13.3. The second kappa shape index (κ2) is 12.6. The van der Waals surface area contributed by atoms with E-state index < -0.39 is 11.7 Å². The summed E-state index contributed by atoms with van der Waals surface area (Å²) in [6.07, 6.45) is 11.1. The smallest absolute Gasteiger partial charge is 0.410 e. The number of nitrogens with zero attached hydrogens (tertiary/aromatic N) is 1. The summed E-state index contributed by atoms with van der Waals surface area (Å²) in [6.45, 7) is 26.9. The van der Waals surface area contributed by atoms with Gasteiger partial charge in [-0.15, -0.1) is 0 Å². The molecule has 9 atom stereocenters. The van der Waals surface area contributed by atoms with Gasteiger partial charge >= 0.3 is 6.09 Å². The molecule has 4 nitrogen and oxygen atoms in total. The van der Waals surface area contributed by atoms with Crippen LogP contribution in [-0.2, 0) is 11.3 Å². The first-order valence-electron chi connectivity index (χ1n) is 19.8. The van der Waals surface area contributed by atoms with Crippen molar-refractivity contribution in [2.75, 3.05) is 6.54 Å². The molecule has 1 N–H and O–H groups in total. The summed E-state index contributed by atoms with van der Waals surface area (Å²) in [5, 5.41) is 13.3. The third kappa shape index (κ3) is 5.93. The molecule has 1 aromatic rings. The summed E-state index contributed by atoms with van der Waals surface area (Å²) >= 11 is 6.21. The molecule has 0 spiro atoms. The van der Waals surface area contributed by atoms with E-state index in [-0.39, 0.29) is 28.9 Å². The maximum atomic E-state index is 13.8. The number of ether oxygens (including phenoxy) is 1. The number of aliphatic hydroxyl groups excluding tert-OH is 1. The second-order valence-corrected chi connectivity index (χ2v) is 20.6. The molecule has 1 unspecified atom stereocenters. The van der Waals surface area contributed by atoms with Crippen LogP contribution in [0.1, 0.15) is 146 Å². The van der Waals surface area contributed by atoms with E-state index in [1.807, 2.05) is 45.0 Å². The highest BCUT2D eigenvalue weighted by atomic mass is 35.5. The van der Waals surface area contributed by atoms with E-state index in [1.54, 1.807) is 16.0 Å². The van der Waals surface area contributed by atoms with Crippen molar-refractivity contribution >= 4 is 17.7 Å². The zero-order chi connectivity index (χ0) is 35.9. The summed E-state index contributed by atoms with van der Waals surface area (Å²) < 4.78 is 5.94. The Morgan fingerprint density at radius 3 is 2.22 bits per heavy atom.